The highest BCUT2D eigenvalue weighted by atomic mass is 33.7. The Morgan fingerprint density at radius 2 is 0.700 bits per heavy atom. The summed E-state index contributed by atoms with van der Waals surface area (Å²) in [5.74, 6) is 9.59. The van der Waals surface area contributed by atoms with E-state index in [2.05, 4.69) is 22.6 Å². The summed E-state index contributed by atoms with van der Waals surface area (Å²) >= 11 is 2.12. The minimum absolute atomic E-state index is 0.642. The van der Waals surface area contributed by atoms with Gasteiger partial charge in [0, 0.05) is 101 Å². The van der Waals surface area contributed by atoms with E-state index in [4.69, 9.17) is 39.8 Å². The normalized spacial score (nSPS) is 17.9. The van der Waals surface area contributed by atoms with Crippen LogP contribution in [0.4, 0.5) is 0 Å². The lowest BCUT2D eigenvalue weighted by Gasteiger charge is -2.36. The molecular formula is C39H84O9S9Si3. The summed E-state index contributed by atoms with van der Waals surface area (Å²) in [5, 5.41) is 0. The Morgan fingerprint density at radius 1 is 0.367 bits per heavy atom. The van der Waals surface area contributed by atoms with Gasteiger partial charge in [-0.25, -0.2) is 0 Å². The summed E-state index contributed by atoms with van der Waals surface area (Å²) in [7, 11) is 8.17. The van der Waals surface area contributed by atoms with Crippen LogP contribution in [-0.4, -0.2) is 120 Å². The van der Waals surface area contributed by atoms with Gasteiger partial charge in [-0.2, -0.15) is 11.8 Å². The first-order valence-electron chi connectivity index (χ1n) is 22.8. The van der Waals surface area contributed by atoms with Crippen molar-refractivity contribution < 1.29 is 39.8 Å². The minimum atomic E-state index is -2.55. The molecule has 0 aliphatic heterocycles. The van der Waals surface area contributed by atoms with Crippen molar-refractivity contribution >= 4 is 121 Å². The molecule has 1 rings (SSSR count). The van der Waals surface area contributed by atoms with Gasteiger partial charge < -0.3 is 39.8 Å². The third-order valence-corrected chi connectivity index (χ3v) is 33.5. The van der Waals surface area contributed by atoms with E-state index in [1.165, 1.54) is 55.8 Å². The molecule has 0 heterocycles. The maximum Gasteiger partial charge on any atom is 0.500 e. The summed E-state index contributed by atoms with van der Waals surface area (Å²) in [6.07, 6.45) is 11.4. The van der Waals surface area contributed by atoms with E-state index in [0.29, 0.717) is 59.5 Å². The van der Waals surface area contributed by atoms with Crippen LogP contribution in [0.25, 0.3) is 0 Å². The fraction of sp³-hybridized carbons (Fsp3) is 1.00. The van der Waals surface area contributed by atoms with E-state index in [9.17, 15) is 0 Å². The Balaban J connectivity index is 2.54. The second kappa shape index (κ2) is 41.4. The molecule has 0 saturated heterocycles. The van der Waals surface area contributed by atoms with Crippen molar-refractivity contribution in [2.24, 2.45) is 17.8 Å². The topological polar surface area (TPSA) is 83.1 Å². The summed E-state index contributed by atoms with van der Waals surface area (Å²) < 4.78 is 54.5. The van der Waals surface area contributed by atoms with Crippen molar-refractivity contribution in [1.82, 2.24) is 0 Å². The molecular weight excluding hydrogens is 985 g/mol. The molecule has 3 atom stereocenters. The standard InChI is InChI=1S/C39H84O9S9Si3/c1-10-40-58(41-11-2,42-12-3)33-19-27-49-30-25-38-23-22-37(24-31-52-56-54-50-28-20-34-59(43-13-4,44-14-5)45-15-6)36-39(38)26-32-53-57-55-51-29-21-35-60(46-16-7,47-17-8)48-18-9/h37-39H,10-36H2,1-9H3. The number of rotatable bonds is 45. The van der Waals surface area contributed by atoms with Crippen LogP contribution >= 0.6 is 94.2 Å². The Labute approximate surface area is 406 Å². The first-order valence-corrected chi connectivity index (χ1v) is 40.0. The smallest absolute Gasteiger partial charge is 0.374 e. The molecule has 0 radical (unpaired) electrons. The van der Waals surface area contributed by atoms with Gasteiger partial charge in [-0.1, -0.05) is 49.6 Å². The third kappa shape index (κ3) is 28.7. The summed E-state index contributed by atoms with van der Waals surface area (Å²) in [4.78, 5) is 0. The van der Waals surface area contributed by atoms with Crippen molar-refractivity contribution in [3.63, 3.8) is 0 Å². The Hall–Kier alpha value is 3.44. The van der Waals surface area contributed by atoms with E-state index in [1.54, 1.807) is 0 Å². The molecule has 9 nitrogen and oxygen atoms in total. The zero-order valence-electron chi connectivity index (χ0n) is 38.7. The fourth-order valence-electron chi connectivity index (χ4n) is 7.48. The molecule has 0 aromatic heterocycles. The van der Waals surface area contributed by atoms with Crippen LogP contribution in [0.3, 0.4) is 0 Å². The summed E-state index contributed by atoms with van der Waals surface area (Å²) in [5.41, 5.74) is 0. The quantitative estimate of drug-likeness (QED) is 0.0329. The number of thioether (sulfide) groups is 1. The Morgan fingerprint density at radius 3 is 1.08 bits per heavy atom. The van der Waals surface area contributed by atoms with Crippen LogP contribution < -0.4 is 0 Å². The van der Waals surface area contributed by atoms with Crippen LogP contribution in [0.1, 0.15) is 120 Å². The number of hydrogen-bond acceptors (Lipinski definition) is 18. The van der Waals surface area contributed by atoms with Crippen LogP contribution in [0.2, 0.25) is 18.1 Å². The van der Waals surface area contributed by atoms with Gasteiger partial charge in [-0.05, 0) is 182 Å². The molecule has 60 heavy (non-hydrogen) atoms. The van der Waals surface area contributed by atoms with E-state index >= 15 is 0 Å². The molecule has 21 heteroatoms. The molecule has 3 unspecified atom stereocenters. The fourth-order valence-corrected chi connectivity index (χ4v) is 29.6. The largest absolute Gasteiger partial charge is 0.500 e. The molecule has 0 aromatic rings. The molecule has 1 saturated carbocycles. The lowest BCUT2D eigenvalue weighted by Crippen LogP contribution is -2.46. The Kier molecular flexibility index (Phi) is 42.4. The predicted octanol–water partition coefficient (Wildman–Crippen LogP) is 14.6. The van der Waals surface area contributed by atoms with Crippen LogP contribution in [0.5, 0.6) is 0 Å². The van der Waals surface area contributed by atoms with E-state index < -0.39 is 26.4 Å². The van der Waals surface area contributed by atoms with E-state index in [0.717, 1.165) is 72.4 Å². The molecule has 360 valence electrons. The molecule has 1 aliphatic rings. The van der Waals surface area contributed by atoms with Crippen molar-refractivity contribution in [3.8, 4) is 0 Å². The average molecular weight is 1070 g/mol. The minimum Gasteiger partial charge on any atom is -0.374 e. The lowest BCUT2D eigenvalue weighted by molar-refractivity contribution is 0.0704. The molecule has 0 spiro atoms. The maximum atomic E-state index is 6.09. The van der Waals surface area contributed by atoms with E-state index in [-0.39, 0.29) is 0 Å². The molecule has 0 N–H and O–H groups in total. The van der Waals surface area contributed by atoms with Crippen molar-refractivity contribution in [2.45, 2.75) is 138 Å². The second-order valence-electron chi connectivity index (χ2n) is 14.0. The third-order valence-electron chi connectivity index (χ3n) is 9.78. The first-order chi connectivity index (χ1) is 29.3. The van der Waals surface area contributed by atoms with Gasteiger partial charge >= 0.3 is 26.4 Å². The van der Waals surface area contributed by atoms with Gasteiger partial charge in [0.05, 0.1) is 0 Å². The van der Waals surface area contributed by atoms with Crippen molar-refractivity contribution in [1.29, 1.82) is 0 Å². The molecule has 0 bridgehead atoms. The number of hydrogen-bond donors (Lipinski definition) is 0. The monoisotopic (exact) mass is 1070 g/mol. The summed E-state index contributed by atoms with van der Waals surface area (Å²) in [6, 6.07) is 2.70. The van der Waals surface area contributed by atoms with Crippen LogP contribution in [0, 0.1) is 17.8 Å². The average Bonchev–Trinajstić information content (AvgIpc) is 3.22. The molecule has 0 amide bonds. The van der Waals surface area contributed by atoms with Crippen LogP contribution in [0.15, 0.2) is 0 Å². The predicted molar refractivity (Wildman–Crippen MR) is 286 cm³/mol. The highest BCUT2D eigenvalue weighted by Gasteiger charge is 2.41. The van der Waals surface area contributed by atoms with E-state index in [1.807, 2.05) is 134 Å². The van der Waals surface area contributed by atoms with Gasteiger partial charge in [-0.3, -0.25) is 0 Å². The molecule has 1 fully saturated rings. The van der Waals surface area contributed by atoms with Gasteiger partial charge in [0.15, 0.2) is 0 Å². The zero-order valence-corrected chi connectivity index (χ0v) is 49.0. The van der Waals surface area contributed by atoms with Gasteiger partial charge in [0.2, 0.25) is 0 Å². The van der Waals surface area contributed by atoms with Crippen LogP contribution in [-0.2, 0) is 39.8 Å². The van der Waals surface area contributed by atoms with Gasteiger partial charge in [0.1, 0.15) is 0 Å². The van der Waals surface area contributed by atoms with Crippen molar-refractivity contribution in [2.75, 3.05) is 94.0 Å². The first kappa shape index (κ1) is 61.5. The SMILES string of the molecule is CCO[Si](CCCSCCC1CCC(CCSSSSCCC[Si](OCC)(OCC)OCC)CC1CCSSSSCCC[Si](OCC)(OCC)OCC)(OCC)OCC. The summed E-state index contributed by atoms with van der Waals surface area (Å²) in [6.45, 7) is 24.1. The zero-order chi connectivity index (χ0) is 44.1. The second-order valence-corrected chi connectivity index (χ2v) is 35.9. The highest BCUT2D eigenvalue weighted by Crippen LogP contribution is 2.47. The Bertz CT molecular complexity index is 916. The van der Waals surface area contributed by atoms with Crippen molar-refractivity contribution in [3.05, 3.63) is 0 Å². The maximum absolute atomic E-state index is 6.09. The van der Waals surface area contributed by atoms with Gasteiger partial charge in [0.25, 0.3) is 0 Å². The lowest BCUT2D eigenvalue weighted by atomic mass is 9.71. The highest BCUT2D eigenvalue weighted by molar-refractivity contribution is 9.26. The van der Waals surface area contributed by atoms with Gasteiger partial charge in [-0.15, -0.1) is 0 Å². The molecule has 0 aromatic carbocycles. The molecule has 1 aliphatic carbocycles.